The first-order chi connectivity index (χ1) is 7.24. The summed E-state index contributed by atoms with van der Waals surface area (Å²) in [5.41, 5.74) is 0. The molecule has 0 spiro atoms. The van der Waals surface area contributed by atoms with E-state index in [9.17, 15) is 0 Å². The fourth-order valence-corrected chi connectivity index (χ4v) is 1.93. The summed E-state index contributed by atoms with van der Waals surface area (Å²) in [5.74, 6) is 1.44. The van der Waals surface area contributed by atoms with Gasteiger partial charge in [0.05, 0.1) is 0 Å². The lowest BCUT2D eigenvalue weighted by Crippen LogP contribution is -2.32. The zero-order chi connectivity index (χ0) is 10.7. The molecule has 1 fully saturated rings. The van der Waals surface area contributed by atoms with Crippen LogP contribution in [0.4, 0.5) is 0 Å². The molecule has 84 valence electrons. The van der Waals surface area contributed by atoms with Gasteiger partial charge in [0.25, 0.3) is 0 Å². The highest BCUT2D eigenvalue weighted by atomic mass is 16.5. The third kappa shape index (κ3) is 3.00. The second-order valence-electron chi connectivity index (χ2n) is 4.19. The van der Waals surface area contributed by atoms with Crippen molar-refractivity contribution in [1.29, 1.82) is 0 Å². The van der Waals surface area contributed by atoms with Crippen LogP contribution in [0.1, 0.15) is 18.1 Å². The lowest BCUT2D eigenvalue weighted by Gasteiger charge is -2.11. The number of hydrogen-bond donors (Lipinski definition) is 1. The molecule has 2 heterocycles. The number of likely N-dealkylation sites (tertiary alicyclic amines) is 1. The molecule has 0 bridgehead atoms. The number of nitrogens with zero attached hydrogens (tertiary/aromatic N) is 3. The number of aromatic nitrogens is 2. The summed E-state index contributed by atoms with van der Waals surface area (Å²) in [6.07, 6.45) is 2.06. The van der Waals surface area contributed by atoms with Gasteiger partial charge in [0.15, 0.2) is 5.82 Å². The van der Waals surface area contributed by atoms with Gasteiger partial charge in [-0.05, 0) is 26.9 Å². The molecule has 1 aliphatic rings. The molecule has 2 rings (SSSR count). The van der Waals surface area contributed by atoms with E-state index in [1.165, 1.54) is 13.0 Å². The number of rotatable bonds is 4. The average Bonchev–Trinajstić information content (AvgIpc) is 2.76. The Kier molecular flexibility index (Phi) is 3.33. The van der Waals surface area contributed by atoms with E-state index in [0.717, 1.165) is 25.4 Å². The second-order valence-corrected chi connectivity index (χ2v) is 4.19. The summed E-state index contributed by atoms with van der Waals surface area (Å²) in [6.45, 7) is 5.09. The minimum Gasteiger partial charge on any atom is -0.339 e. The topological polar surface area (TPSA) is 54.2 Å². The third-order valence-electron chi connectivity index (χ3n) is 2.73. The van der Waals surface area contributed by atoms with Crippen molar-refractivity contribution in [2.24, 2.45) is 0 Å². The Bertz CT molecular complexity index is 312. The van der Waals surface area contributed by atoms with Gasteiger partial charge in [-0.25, -0.2) is 0 Å². The zero-order valence-corrected chi connectivity index (χ0v) is 9.36. The van der Waals surface area contributed by atoms with Crippen molar-refractivity contribution in [2.75, 3.05) is 26.7 Å². The maximum Gasteiger partial charge on any atom is 0.227 e. The molecule has 1 unspecified atom stereocenters. The lowest BCUT2D eigenvalue weighted by atomic mass is 10.2. The van der Waals surface area contributed by atoms with Crippen LogP contribution in [-0.2, 0) is 6.42 Å². The Balaban J connectivity index is 1.67. The van der Waals surface area contributed by atoms with Gasteiger partial charge in [-0.2, -0.15) is 4.98 Å². The van der Waals surface area contributed by atoms with Crippen LogP contribution in [0.2, 0.25) is 0 Å². The minimum atomic E-state index is 0.624. The molecule has 0 saturated carbocycles. The molecular weight excluding hydrogens is 192 g/mol. The van der Waals surface area contributed by atoms with Crippen LogP contribution >= 0.6 is 0 Å². The normalized spacial score (nSPS) is 22.4. The predicted octanol–water partition coefficient (Wildman–Crippen LogP) is 0.214. The van der Waals surface area contributed by atoms with Crippen molar-refractivity contribution < 1.29 is 4.52 Å². The number of aryl methyl sites for hydroxylation is 1. The van der Waals surface area contributed by atoms with Crippen molar-refractivity contribution in [1.82, 2.24) is 20.4 Å². The van der Waals surface area contributed by atoms with Crippen molar-refractivity contribution in [2.45, 2.75) is 25.8 Å². The summed E-state index contributed by atoms with van der Waals surface area (Å²) < 4.78 is 5.04. The predicted molar refractivity (Wildman–Crippen MR) is 56.6 cm³/mol. The maximum atomic E-state index is 5.04. The van der Waals surface area contributed by atoms with Crippen LogP contribution in [0, 0.1) is 6.92 Å². The molecule has 5 nitrogen and oxygen atoms in total. The second kappa shape index (κ2) is 4.72. The average molecular weight is 210 g/mol. The van der Waals surface area contributed by atoms with Crippen LogP contribution in [0.15, 0.2) is 4.52 Å². The highest BCUT2D eigenvalue weighted by Gasteiger charge is 2.18. The summed E-state index contributed by atoms with van der Waals surface area (Å²) in [4.78, 5) is 6.50. The van der Waals surface area contributed by atoms with E-state index in [1.54, 1.807) is 0 Å². The highest BCUT2D eigenvalue weighted by molar-refractivity contribution is 4.85. The van der Waals surface area contributed by atoms with Crippen LogP contribution in [0.3, 0.4) is 0 Å². The van der Waals surface area contributed by atoms with Gasteiger partial charge < -0.3 is 14.7 Å². The molecule has 1 aliphatic heterocycles. The summed E-state index contributed by atoms with van der Waals surface area (Å²) in [5, 5.41) is 7.26. The van der Waals surface area contributed by atoms with E-state index in [1.807, 2.05) is 6.92 Å². The van der Waals surface area contributed by atoms with Crippen molar-refractivity contribution in [3.05, 3.63) is 11.7 Å². The fourth-order valence-electron chi connectivity index (χ4n) is 1.93. The van der Waals surface area contributed by atoms with Gasteiger partial charge >= 0.3 is 0 Å². The van der Waals surface area contributed by atoms with Gasteiger partial charge in [0.2, 0.25) is 5.89 Å². The molecule has 5 heteroatoms. The Morgan fingerprint density at radius 1 is 1.60 bits per heavy atom. The van der Waals surface area contributed by atoms with E-state index in [4.69, 9.17) is 4.52 Å². The third-order valence-corrected chi connectivity index (χ3v) is 2.73. The fraction of sp³-hybridized carbons (Fsp3) is 0.800. The summed E-state index contributed by atoms with van der Waals surface area (Å²) in [7, 11) is 2.16. The lowest BCUT2D eigenvalue weighted by molar-refractivity contribution is 0.365. The van der Waals surface area contributed by atoms with E-state index in [0.29, 0.717) is 11.9 Å². The Hall–Kier alpha value is -0.940. The van der Waals surface area contributed by atoms with E-state index in [-0.39, 0.29) is 0 Å². The smallest absolute Gasteiger partial charge is 0.227 e. The Labute approximate surface area is 89.8 Å². The molecule has 0 radical (unpaired) electrons. The van der Waals surface area contributed by atoms with E-state index < -0.39 is 0 Å². The van der Waals surface area contributed by atoms with Crippen LogP contribution in [0.25, 0.3) is 0 Å². The minimum absolute atomic E-state index is 0.624. The van der Waals surface area contributed by atoms with E-state index >= 15 is 0 Å². The first-order valence-corrected chi connectivity index (χ1v) is 5.45. The Morgan fingerprint density at radius 2 is 2.47 bits per heavy atom. The maximum absolute atomic E-state index is 5.04. The summed E-state index contributed by atoms with van der Waals surface area (Å²) in [6, 6.07) is 0.624. The first kappa shape index (κ1) is 10.6. The zero-order valence-electron chi connectivity index (χ0n) is 9.36. The van der Waals surface area contributed by atoms with Gasteiger partial charge in [-0.1, -0.05) is 5.16 Å². The molecule has 1 saturated heterocycles. The monoisotopic (exact) mass is 210 g/mol. The Morgan fingerprint density at radius 3 is 3.07 bits per heavy atom. The molecule has 1 aromatic rings. The molecule has 0 aromatic carbocycles. The van der Waals surface area contributed by atoms with Gasteiger partial charge in [0.1, 0.15) is 0 Å². The molecule has 0 aliphatic carbocycles. The molecule has 15 heavy (non-hydrogen) atoms. The molecule has 1 N–H and O–H groups in total. The van der Waals surface area contributed by atoms with Crippen LogP contribution in [-0.4, -0.2) is 47.8 Å². The van der Waals surface area contributed by atoms with Gasteiger partial charge in [0, 0.05) is 25.6 Å². The van der Waals surface area contributed by atoms with Crippen molar-refractivity contribution in [3.63, 3.8) is 0 Å². The number of likely N-dealkylation sites (N-methyl/N-ethyl adjacent to an activating group) is 1. The van der Waals surface area contributed by atoms with Crippen molar-refractivity contribution in [3.8, 4) is 0 Å². The van der Waals surface area contributed by atoms with E-state index in [2.05, 4.69) is 27.4 Å². The van der Waals surface area contributed by atoms with Crippen LogP contribution in [0.5, 0.6) is 0 Å². The van der Waals surface area contributed by atoms with Gasteiger partial charge in [-0.15, -0.1) is 0 Å². The first-order valence-electron chi connectivity index (χ1n) is 5.45. The molecule has 1 atom stereocenters. The number of nitrogens with one attached hydrogen (secondary N) is 1. The quantitative estimate of drug-likeness (QED) is 0.770. The summed E-state index contributed by atoms with van der Waals surface area (Å²) >= 11 is 0. The van der Waals surface area contributed by atoms with Gasteiger partial charge in [-0.3, -0.25) is 0 Å². The SMILES string of the molecule is Cc1noc(CCNC2CCN(C)C2)n1. The standard InChI is InChI=1S/C10H18N4O/c1-8-12-10(15-13-8)3-5-11-9-4-6-14(2)7-9/h9,11H,3-7H2,1-2H3. The molecular formula is C10H18N4O. The van der Waals surface area contributed by atoms with Crippen LogP contribution < -0.4 is 5.32 Å². The largest absolute Gasteiger partial charge is 0.339 e. The molecule has 0 amide bonds. The highest BCUT2D eigenvalue weighted by Crippen LogP contribution is 2.06. The molecule has 1 aromatic heterocycles. The van der Waals surface area contributed by atoms with Crippen molar-refractivity contribution >= 4 is 0 Å². The number of hydrogen-bond acceptors (Lipinski definition) is 5.